The number of carbonyl (C=O) groups excluding carboxylic acids is 1. The molecule has 3 heteroatoms. The molecule has 204 valence electrons. The Morgan fingerprint density at radius 2 is 0.912 bits per heavy atom. The van der Waals surface area contributed by atoms with Crippen molar-refractivity contribution in [3.63, 3.8) is 0 Å². The minimum absolute atomic E-state index is 0.230. The molecular formula is C31H63NO2. The maximum Gasteiger partial charge on any atom is 0.0780 e. The predicted octanol–water partition coefficient (Wildman–Crippen LogP) is 8.61. The molecule has 0 amide bonds. The summed E-state index contributed by atoms with van der Waals surface area (Å²) in [6, 6.07) is 0. The molecule has 0 radical (unpaired) electrons. The average molecular weight is 482 g/mol. The van der Waals surface area contributed by atoms with Crippen LogP contribution in [0.15, 0.2) is 12.2 Å². The number of rotatable bonds is 24. The molecule has 0 saturated heterocycles. The molecule has 0 aromatic rings. The van der Waals surface area contributed by atoms with E-state index in [1.165, 1.54) is 129 Å². The van der Waals surface area contributed by atoms with Crippen molar-refractivity contribution in [3.8, 4) is 0 Å². The Labute approximate surface area is 215 Å². The zero-order valence-corrected chi connectivity index (χ0v) is 24.2. The largest absolute Gasteiger partial charge is 0.550 e. The van der Waals surface area contributed by atoms with Crippen LogP contribution in [0.4, 0.5) is 0 Å². The summed E-state index contributed by atoms with van der Waals surface area (Å²) in [7, 11) is 6.87. The van der Waals surface area contributed by atoms with E-state index in [9.17, 15) is 9.90 Å². The van der Waals surface area contributed by atoms with Crippen molar-refractivity contribution in [2.45, 2.75) is 155 Å². The first-order valence-corrected chi connectivity index (χ1v) is 15.0. The maximum atomic E-state index is 10.0. The van der Waals surface area contributed by atoms with E-state index < -0.39 is 5.97 Å². The Morgan fingerprint density at radius 3 is 1.29 bits per heavy atom. The van der Waals surface area contributed by atoms with E-state index in [2.05, 4.69) is 47.1 Å². The van der Waals surface area contributed by atoms with Crippen LogP contribution in [0.3, 0.4) is 0 Å². The molecule has 0 spiro atoms. The third kappa shape index (κ3) is 38.4. The molecule has 0 unspecified atom stereocenters. The van der Waals surface area contributed by atoms with Gasteiger partial charge in [-0.25, -0.2) is 0 Å². The van der Waals surface area contributed by atoms with Crippen molar-refractivity contribution in [2.75, 3.05) is 27.7 Å². The molecule has 34 heavy (non-hydrogen) atoms. The Kier molecular flexibility index (Phi) is 29.5. The highest BCUT2D eigenvalue weighted by molar-refractivity contribution is 5.64. The number of unbranched alkanes of at least 4 members (excludes halogenated alkanes) is 18. The number of nitrogens with zero attached hydrogens (tertiary/aromatic N) is 1. The van der Waals surface area contributed by atoms with E-state index in [1.54, 1.807) is 0 Å². The van der Waals surface area contributed by atoms with E-state index >= 15 is 0 Å². The standard InChI is InChI=1S/C21H44N.C10H20O2/c1-5-6-7-8-9-10-11-12-13-14-15-16-17-18-19-20-21-22(2,3)4;1-2-3-4-5-6-7-8-9-10(11)12/h12-13H,5-11,14-21H2,1-4H3;2-9H2,1H3,(H,11,12)/q+1;/p-1/b13-12-;. The summed E-state index contributed by atoms with van der Waals surface area (Å²) in [5.74, 6) is -0.913. The van der Waals surface area contributed by atoms with Crippen LogP contribution in [0.2, 0.25) is 0 Å². The molecule has 3 nitrogen and oxygen atoms in total. The number of aliphatic carboxylic acids is 1. The van der Waals surface area contributed by atoms with Crippen molar-refractivity contribution < 1.29 is 14.4 Å². The van der Waals surface area contributed by atoms with Gasteiger partial charge in [0.25, 0.3) is 0 Å². The van der Waals surface area contributed by atoms with Crippen LogP contribution >= 0.6 is 0 Å². The van der Waals surface area contributed by atoms with Crippen LogP contribution in [0.1, 0.15) is 155 Å². The Balaban J connectivity index is 0. The van der Waals surface area contributed by atoms with E-state index in [1.807, 2.05) is 0 Å². The highest BCUT2D eigenvalue weighted by atomic mass is 16.4. The first kappa shape index (κ1) is 35.3. The van der Waals surface area contributed by atoms with Gasteiger partial charge in [-0.2, -0.15) is 0 Å². The monoisotopic (exact) mass is 481 g/mol. The van der Waals surface area contributed by atoms with Gasteiger partial charge < -0.3 is 14.4 Å². The number of carboxylic acid groups (broad SMARTS) is 1. The number of hydrogen-bond donors (Lipinski definition) is 0. The third-order valence-corrected chi connectivity index (χ3v) is 6.33. The molecule has 0 aromatic heterocycles. The van der Waals surface area contributed by atoms with Crippen molar-refractivity contribution in [1.82, 2.24) is 0 Å². The summed E-state index contributed by atoms with van der Waals surface area (Å²) < 4.78 is 1.11. The molecule has 0 aliphatic carbocycles. The summed E-state index contributed by atoms with van der Waals surface area (Å²) in [5.41, 5.74) is 0. The second-order valence-corrected chi connectivity index (χ2v) is 11.2. The van der Waals surface area contributed by atoms with Gasteiger partial charge in [-0.05, 0) is 51.4 Å². The van der Waals surface area contributed by atoms with Gasteiger partial charge >= 0.3 is 0 Å². The van der Waals surface area contributed by atoms with Crippen molar-refractivity contribution >= 4 is 5.97 Å². The fourth-order valence-corrected chi connectivity index (χ4v) is 4.06. The molecule has 0 N–H and O–H groups in total. The fraction of sp³-hybridized carbons (Fsp3) is 0.903. The number of hydrogen-bond acceptors (Lipinski definition) is 2. The molecule has 0 aromatic carbocycles. The SMILES string of the molecule is CCCCCCCC/C=C\CCCCCCCC[N+](C)(C)C.CCCCCCCCCC(=O)[O-]. The number of quaternary nitrogens is 1. The lowest BCUT2D eigenvalue weighted by atomic mass is 10.1. The van der Waals surface area contributed by atoms with Crippen LogP contribution in [0.25, 0.3) is 0 Å². The lowest BCUT2D eigenvalue weighted by molar-refractivity contribution is -0.870. The van der Waals surface area contributed by atoms with Crippen molar-refractivity contribution in [3.05, 3.63) is 12.2 Å². The minimum Gasteiger partial charge on any atom is -0.550 e. The fourth-order valence-electron chi connectivity index (χ4n) is 4.06. The molecule has 0 aliphatic heterocycles. The zero-order valence-electron chi connectivity index (χ0n) is 24.2. The summed E-state index contributed by atoms with van der Waals surface area (Å²) in [6.07, 6.45) is 32.8. The lowest BCUT2D eigenvalue weighted by Crippen LogP contribution is -2.35. The second-order valence-electron chi connectivity index (χ2n) is 11.2. The van der Waals surface area contributed by atoms with Gasteiger partial charge in [0.1, 0.15) is 0 Å². The van der Waals surface area contributed by atoms with Gasteiger partial charge in [-0.3, -0.25) is 0 Å². The minimum atomic E-state index is -0.913. The van der Waals surface area contributed by atoms with Crippen molar-refractivity contribution in [2.24, 2.45) is 0 Å². The molecule has 0 rings (SSSR count). The van der Waals surface area contributed by atoms with Gasteiger partial charge in [0.05, 0.1) is 27.7 Å². The highest BCUT2D eigenvalue weighted by Crippen LogP contribution is 2.11. The van der Waals surface area contributed by atoms with E-state index in [-0.39, 0.29) is 6.42 Å². The first-order valence-electron chi connectivity index (χ1n) is 15.0. The molecule has 0 atom stereocenters. The second kappa shape index (κ2) is 28.4. The predicted molar refractivity (Wildman–Crippen MR) is 150 cm³/mol. The Hall–Kier alpha value is -0.830. The molecule has 0 heterocycles. The number of allylic oxidation sites excluding steroid dienone is 2. The topological polar surface area (TPSA) is 40.1 Å². The van der Waals surface area contributed by atoms with Crippen LogP contribution in [-0.2, 0) is 4.79 Å². The maximum absolute atomic E-state index is 10.0. The number of carboxylic acids is 1. The van der Waals surface area contributed by atoms with E-state index in [4.69, 9.17) is 0 Å². The molecular weight excluding hydrogens is 418 g/mol. The summed E-state index contributed by atoms with van der Waals surface area (Å²) in [6.45, 7) is 5.80. The Bertz CT molecular complexity index is 426. The van der Waals surface area contributed by atoms with Gasteiger partial charge in [0.2, 0.25) is 0 Å². The summed E-state index contributed by atoms with van der Waals surface area (Å²) in [5, 5.41) is 10.0. The Morgan fingerprint density at radius 1 is 0.559 bits per heavy atom. The quantitative estimate of drug-likeness (QED) is 0.0786. The molecule has 0 saturated carbocycles. The van der Waals surface area contributed by atoms with Crippen LogP contribution < -0.4 is 5.11 Å². The summed E-state index contributed by atoms with van der Waals surface area (Å²) >= 11 is 0. The van der Waals surface area contributed by atoms with Gasteiger partial charge in [-0.15, -0.1) is 0 Å². The highest BCUT2D eigenvalue weighted by Gasteiger charge is 2.04. The van der Waals surface area contributed by atoms with Crippen LogP contribution in [-0.4, -0.2) is 38.1 Å². The van der Waals surface area contributed by atoms with E-state index in [0.717, 1.165) is 17.3 Å². The average Bonchev–Trinajstić information content (AvgIpc) is 2.78. The smallest absolute Gasteiger partial charge is 0.0780 e. The van der Waals surface area contributed by atoms with Gasteiger partial charge in [0.15, 0.2) is 0 Å². The molecule has 0 fully saturated rings. The summed E-state index contributed by atoms with van der Waals surface area (Å²) in [4.78, 5) is 10.0. The van der Waals surface area contributed by atoms with Crippen molar-refractivity contribution in [1.29, 1.82) is 0 Å². The van der Waals surface area contributed by atoms with Gasteiger partial charge in [-0.1, -0.05) is 116 Å². The van der Waals surface area contributed by atoms with Crippen LogP contribution in [0, 0.1) is 0 Å². The molecule has 0 bridgehead atoms. The molecule has 0 aliphatic rings. The van der Waals surface area contributed by atoms with Crippen LogP contribution in [0.5, 0.6) is 0 Å². The lowest BCUT2D eigenvalue weighted by Gasteiger charge is -2.23. The zero-order chi connectivity index (χ0) is 25.8. The third-order valence-electron chi connectivity index (χ3n) is 6.33. The van der Waals surface area contributed by atoms with Gasteiger partial charge in [0, 0.05) is 5.97 Å². The number of carbonyl (C=O) groups is 1. The normalized spacial score (nSPS) is 11.6. The first-order chi connectivity index (χ1) is 16.3. The van der Waals surface area contributed by atoms with E-state index in [0.29, 0.717) is 0 Å².